The summed E-state index contributed by atoms with van der Waals surface area (Å²) in [5, 5.41) is 0. The van der Waals surface area contributed by atoms with Gasteiger partial charge in [-0.15, -0.1) is 24.8 Å². The van der Waals surface area contributed by atoms with E-state index in [4.69, 9.17) is 5.73 Å². The molecule has 2 aromatic heterocycles. The molecule has 0 radical (unpaired) electrons. The summed E-state index contributed by atoms with van der Waals surface area (Å²) in [6.45, 7) is 0.501. The molecule has 3 nitrogen and oxygen atoms in total. The Hall–Kier alpha value is -0.770. The normalized spacial score (nSPS) is 9.00. The van der Waals surface area contributed by atoms with Crippen molar-refractivity contribution in [2.24, 2.45) is 5.73 Å². The summed E-state index contributed by atoms with van der Waals surface area (Å²) in [6, 6.07) is 5.96. The summed E-state index contributed by atoms with van der Waals surface area (Å²) < 4.78 is 1.96. The smallest absolute Gasteiger partial charge is 0.0996 e. The predicted molar refractivity (Wildman–Crippen MR) is 57.6 cm³/mol. The van der Waals surface area contributed by atoms with Gasteiger partial charge in [0.1, 0.15) is 0 Å². The van der Waals surface area contributed by atoms with Gasteiger partial charge < -0.3 is 10.1 Å². The van der Waals surface area contributed by atoms with Crippen LogP contribution in [0.25, 0.3) is 5.52 Å². The van der Waals surface area contributed by atoms with Crippen LogP contribution in [0.2, 0.25) is 0 Å². The lowest BCUT2D eigenvalue weighted by atomic mass is 10.3. The van der Waals surface area contributed by atoms with Crippen molar-refractivity contribution in [3.63, 3.8) is 0 Å². The second-order valence-electron chi connectivity index (χ2n) is 2.39. The average molecular weight is 220 g/mol. The molecule has 0 spiro atoms. The van der Waals surface area contributed by atoms with Gasteiger partial charge in [0.05, 0.1) is 17.5 Å². The second-order valence-corrected chi connectivity index (χ2v) is 2.39. The van der Waals surface area contributed by atoms with E-state index in [0.29, 0.717) is 6.54 Å². The predicted octanol–water partition coefficient (Wildman–Crippen LogP) is 1.64. The maximum Gasteiger partial charge on any atom is 0.0996 e. The van der Waals surface area contributed by atoms with E-state index in [0.717, 1.165) is 11.2 Å². The fourth-order valence-electron chi connectivity index (χ4n) is 1.16. The van der Waals surface area contributed by atoms with E-state index < -0.39 is 0 Å². The molecule has 0 unspecified atom stereocenters. The van der Waals surface area contributed by atoms with Crippen LogP contribution in [0.3, 0.4) is 0 Å². The fourth-order valence-corrected chi connectivity index (χ4v) is 1.16. The molecule has 2 heterocycles. The fraction of sp³-hybridized carbons (Fsp3) is 0.125. The molecule has 2 aromatic rings. The van der Waals surface area contributed by atoms with Crippen LogP contribution < -0.4 is 5.73 Å². The van der Waals surface area contributed by atoms with Crippen molar-refractivity contribution in [2.75, 3.05) is 0 Å². The average Bonchev–Trinajstić information content (AvgIpc) is 2.47. The summed E-state index contributed by atoms with van der Waals surface area (Å²) in [5.41, 5.74) is 7.53. The first-order chi connectivity index (χ1) is 5.42. The van der Waals surface area contributed by atoms with Gasteiger partial charge in [0.15, 0.2) is 0 Å². The van der Waals surface area contributed by atoms with Crippen LogP contribution >= 0.6 is 24.8 Å². The molecular weight excluding hydrogens is 209 g/mol. The van der Waals surface area contributed by atoms with Gasteiger partial charge in [-0.05, 0) is 12.1 Å². The van der Waals surface area contributed by atoms with E-state index in [1.54, 1.807) is 6.33 Å². The van der Waals surface area contributed by atoms with Crippen molar-refractivity contribution >= 4 is 30.3 Å². The quantitative estimate of drug-likeness (QED) is 0.793. The Labute approximate surface area is 88.8 Å². The molecule has 5 heteroatoms. The minimum atomic E-state index is 0. The van der Waals surface area contributed by atoms with E-state index in [1.165, 1.54) is 0 Å². The van der Waals surface area contributed by atoms with Crippen LogP contribution in [0, 0.1) is 0 Å². The van der Waals surface area contributed by atoms with Crippen LogP contribution in [-0.2, 0) is 6.54 Å². The summed E-state index contributed by atoms with van der Waals surface area (Å²) in [4.78, 5) is 4.15. The molecule has 0 aliphatic heterocycles. The first kappa shape index (κ1) is 12.2. The number of imidazole rings is 1. The van der Waals surface area contributed by atoms with Gasteiger partial charge in [-0.1, -0.05) is 6.07 Å². The summed E-state index contributed by atoms with van der Waals surface area (Å²) in [6.07, 6.45) is 3.74. The highest BCUT2D eigenvalue weighted by molar-refractivity contribution is 5.85. The van der Waals surface area contributed by atoms with Gasteiger partial charge in [0.25, 0.3) is 0 Å². The number of rotatable bonds is 1. The SMILES string of the molecule is Cl.Cl.NCc1ncn2ccccc12. The number of aromatic nitrogens is 2. The molecule has 0 atom stereocenters. The molecule has 0 bridgehead atoms. The van der Waals surface area contributed by atoms with Gasteiger partial charge >= 0.3 is 0 Å². The van der Waals surface area contributed by atoms with Crippen LogP contribution in [0.15, 0.2) is 30.7 Å². The monoisotopic (exact) mass is 219 g/mol. The van der Waals surface area contributed by atoms with Crippen molar-refractivity contribution in [1.82, 2.24) is 9.38 Å². The summed E-state index contributed by atoms with van der Waals surface area (Å²) in [5.74, 6) is 0. The highest BCUT2D eigenvalue weighted by Gasteiger charge is 1.98. The second kappa shape index (κ2) is 5.07. The third kappa shape index (κ3) is 2.12. The largest absolute Gasteiger partial charge is 0.325 e. The van der Waals surface area contributed by atoms with E-state index in [-0.39, 0.29) is 24.8 Å². The number of nitrogens with zero attached hydrogens (tertiary/aromatic N) is 2. The van der Waals surface area contributed by atoms with Crippen molar-refractivity contribution in [2.45, 2.75) is 6.54 Å². The maximum absolute atomic E-state index is 5.48. The number of halogens is 2. The third-order valence-electron chi connectivity index (χ3n) is 1.72. The lowest BCUT2D eigenvalue weighted by Crippen LogP contribution is -1.96. The molecule has 0 aromatic carbocycles. The zero-order valence-corrected chi connectivity index (χ0v) is 8.52. The van der Waals surface area contributed by atoms with E-state index in [1.807, 2.05) is 28.8 Å². The molecule has 0 saturated heterocycles. The first-order valence-corrected chi connectivity index (χ1v) is 3.52. The number of hydrogen-bond acceptors (Lipinski definition) is 2. The van der Waals surface area contributed by atoms with Crippen LogP contribution in [0.4, 0.5) is 0 Å². The first-order valence-electron chi connectivity index (χ1n) is 3.52. The number of pyridine rings is 1. The number of nitrogens with two attached hydrogens (primary N) is 1. The van der Waals surface area contributed by atoms with Crippen molar-refractivity contribution in [1.29, 1.82) is 0 Å². The van der Waals surface area contributed by atoms with Gasteiger partial charge in [-0.2, -0.15) is 0 Å². The van der Waals surface area contributed by atoms with Gasteiger partial charge in [-0.25, -0.2) is 4.98 Å². The van der Waals surface area contributed by atoms with Crippen LogP contribution in [-0.4, -0.2) is 9.38 Å². The maximum atomic E-state index is 5.48. The molecule has 13 heavy (non-hydrogen) atoms. The Morgan fingerprint density at radius 1 is 1.31 bits per heavy atom. The highest BCUT2D eigenvalue weighted by Crippen LogP contribution is 2.06. The zero-order valence-electron chi connectivity index (χ0n) is 6.88. The number of hydrogen-bond donors (Lipinski definition) is 1. The Morgan fingerprint density at radius 2 is 2.08 bits per heavy atom. The topological polar surface area (TPSA) is 43.3 Å². The minimum absolute atomic E-state index is 0. The summed E-state index contributed by atoms with van der Waals surface area (Å²) >= 11 is 0. The molecule has 72 valence electrons. The Kier molecular flexibility index (Phi) is 4.77. The van der Waals surface area contributed by atoms with Crippen molar-refractivity contribution in [3.8, 4) is 0 Å². The molecular formula is C8H11Cl2N3. The van der Waals surface area contributed by atoms with Crippen molar-refractivity contribution < 1.29 is 0 Å². The molecule has 0 aliphatic carbocycles. The molecule has 0 amide bonds. The van der Waals surface area contributed by atoms with Gasteiger partial charge in [0, 0.05) is 12.7 Å². The van der Waals surface area contributed by atoms with Crippen molar-refractivity contribution in [3.05, 3.63) is 36.4 Å². The zero-order chi connectivity index (χ0) is 7.68. The molecule has 2 rings (SSSR count). The van der Waals surface area contributed by atoms with Gasteiger partial charge in [-0.3, -0.25) is 0 Å². The van der Waals surface area contributed by atoms with Gasteiger partial charge in [0.2, 0.25) is 0 Å². The Morgan fingerprint density at radius 3 is 2.77 bits per heavy atom. The number of fused-ring (bicyclic) bond motifs is 1. The lowest BCUT2D eigenvalue weighted by molar-refractivity contribution is 1.02. The standard InChI is InChI=1S/C8H9N3.2ClH/c9-5-7-8-3-1-2-4-11(8)6-10-7;;/h1-4,6H,5,9H2;2*1H. The molecule has 2 N–H and O–H groups in total. The Bertz CT molecular complexity index is 372. The van der Waals surface area contributed by atoms with Crippen LogP contribution in [0.1, 0.15) is 5.69 Å². The van der Waals surface area contributed by atoms with E-state index in [9.17, 15) is 0 Å². The third-order valence-corrected chi connectivity index (χ3v) is 1.72. The van der Waals surface area contributed by atoms with E-state index in [2.05, 4.69) is 4.98 Å². The molecule has 0 aliphatic rings. The van der Waals surface area contributed by atoms with E-state index >= 15 is 0 Å². The van der Waals surface area contributed by atoms with Crippen LogP contribution in [0.5, 0.6) is 0 Å². The minimum Gasteiger partial charge on any atom is -0.325 e. The lowest BCUT2D eigenvalue weighted by Gasteiger charge is -1.92. The highest BCUT2D eigenvalue weighted by atomic mass is 35.5. The Balaban J connectivity index is 0.000000720. The summed E-state index contributed by atoms with van der Waals surface area (Å²) in [7, 11) is 0. The molecule has 0 fully saturated rings. The molecule has 0 saturated carbocycles.